The van der Waals surface area contributed by atoms with Gasteiger partial charge in [0.1, 0.15) is 0 Å². The molecule has 0 fully saturated rings. The van der Waals surface area contributed by atoms with Crippen LogP contribution in [0.2, 0.25) is 0 Å². The highest BCUT2D eigenvalue weighted by Gasteiger charge is 2.53. The third-order valence-corrected chi connectivity index (χ3v) is 11.9. The van der Waals surface area contributed by atoms with Crippen molar-refractivity contribution in [1.29, 1.82) is 0 Å². The molecule has 0 atom stereocenters. The summed E-state index contributed by atoms with van der Waals surface area (Å²) in [4.78, 5) is 6.65. The van der Waals surface area contributed by atoms with Crippen molar-refractivity contribution < 1.29 is 0 Å². The Morgan fingerprint density at radius 1 is 0.438 bits per heavy atom. The summed E-state index contributed by atoms with van der Waals surface area (Å²) < 4.78 is 1.34. The largest absolute Gasteiger partial charge is 0.248 e. The lowest BCUT2D eigenvalue weighted by atomic mass is 9.70. The molecule has 48 heavy (non-hydrogen) atoms. The Balaban J connectivity index is 1.19. The minimum Gasteiger partial charge on any atom is -0.248 e. The minimum atomic E-state index is -0.358. The summed E-state index contributed by atoms with van der Waals surface area (Å²) in [5.41, 5.74) is 14.7. The summed E-state index contributed by atoms with van der Waals surface area (Å²) in [6.45, 7) is 0. The molecule has 2 aliphatic rings. The number of hydrogen-bond acceptors (Lipinski definition) is 2. The van der Waals surface area contributed by atoms with E-state index < -0.39 is 0 Å². The van der Waals surface area contributed by atoms with E-state index in [0.717, 1.165) is 16.8 Å². The number of para-hydroxylation sites is 1. The second kappa shape index (κ2) is 9.60. The Morgan fingerprint density at radius 2 is 1.08 bits per heavy atom. The van der Waals surface area contributed by atoms with Crippen molar-refractivity contribution >= 4 is 43.1 Å². The lowest BCUT2D eigenvalue weighted by Gasteiger charge is -2.30. The maximum absolute atomic E-state index is 5.28. The van der Waals surface area contributed by atoms with Crippen molar-refractivity contribution in [2.75, 3.05) is 0 Å². The maximum atomic E-state index is 5.28. The maximum Gasteiger partial charge on any atom is 0.0740 e. The van der Waals surface area contributed by atoms with E-state index in [2.05, 4.69) is 164 Å². The van der Waals surface area contributed by atoms with Crippen LogP contribution in [-0.4, -0.2) is 4.98 Å². The second-order valence-corrected chi connectivity index (χ2v) is 14.1. The number of fused-ring (bicyclic) bond motifs is 14. The SMILES string of the molecule is c1ccc2c(c1)-c1ccccc1C21c2ccc(-c3cc(-c4ccc5ccccc5c4)c4ccccc4n3)cc2-c2sc3ccccc3c21. The van der Waals surface area contributed by atoms with Gasteiger partial charge >= 0.3 is 0 Å². The molecule has 7 aromatic carbocycles. The average molecular weight is 626 g/mol. The van der Waals surface area contributed by atoms with Gasteiger partial charge in [0, 0.05) is 20.5 Å². The van der Waals surface area contributed by atoms with E-state index in [1.165, 1.54) is 81.2 Å². The monoisotopic (exact) mass is 625 g/mol. The molecule has 2 aromatic heterocycles. The van der Waals surface area contributed by atoms with E-state index in [4.69, 9.17) is 4.98 Å². The van der Waals surface area contributed by atoms with Crippen molar-refractivity contribution in [1.82, 2.24) is 4.98 Å². The zero-order chi connectivity index (χ0) is 31.4. The number of hydrogen-bond donors (Lipinski definition) is 0. The number of aromatic nitrogens is 1. The van der Waals surface area contributed by atoms with Crippen molar-refractivity contribution in [2.45, 2.75) is 5.41 Å². The second-order valence-electron chi connectivity index (χ2n) is 13.0. The third kappa shape index (κ3) is 3.37. The standard InChI is InChI=1S/C46H27NS/c1-2-12-29-25-30(22-21-28(29)11-1)36-27-42(47-41-19-9-5-15-34(36)41)31-23-24-40-37(26-31)45-44(35-16-6-10-20-43(35)48-45)46(40)38-17-7-3-13-32(38)33-14-4-8-18-39(33)46/h1-27H. The van der Waals surface area contributed by atoms with Crippen LogP contribution in [-0.2, 0) is 5.41 Å². The first-order chi connectivity index (χ1) is 23.8. The molecule has 0 amide bonds. The molecule has 0 aliphatic heterocycles. The first-order valence-electron chi connectivity index (χ1n) is 16.5. The topological polar surface area (TPSA) is 12.9 Å². The number of thiophene rings is 1. The quantitative estimate of drug-likeness (QED) is 0.186. The Hall–Kier alpha value is -5.83. The molecule has 0 saturated carbocycles. The van der Waals surface area contributed by atoms with Crippen LogP contribution >= 0.6 is 11.3 Å². The van der Waals surface area contributed by atoms with E-state index in [1.54, 1.807) is 0 Å². The van der Waals surface area contributed by atoms with Crippen molar-refractivity contribution in [3.63, 3.8) is 0 Å². The summed E-state index contributed by atoms with van der Waals surface area (Å²) in [7, 11) is 0. The van der Waals surface area contributed by atoms with Gasteiger partial charge in [0.15, 0.2) is 0 Å². The zero-order valence-corrected chi connectivity index (χ0v) is 26.8. The first-order valence-corrected chi connectivity index (χ1v) is 17.4. The minimum absolute atomic E-state index is 0.358. The normalized spacial score (nSPS) is 13.6. The number of pyridine rings is 1. The van der Waals surface area contributed by atoms with Crippen LogP contribution in [0.15, 0.2) is 164 Å². The van der Waals surface area contributed by atoms with Crippen LogP contribution in [0.5, 0.6) is 0 Å². The van der Waals surface area contributed by atoms with Gasteiger partial charge in [-0.2, -0.15) is 0 Å². The predicted octanol–water partition coefficient (Wildman–Crippen LogP) is 12.3. The lowest BCUT2D eigenvalue weighted by molar-refractivity contribution is 0.803. The number of benzene rings is 7. The lowest BCUT2D eigenvalue weighted by Crippen LogP contribution is -2.25. The molecule has 0 N–H and O–H groups in total. The van der Waals surface area contributed by atoms with Gasteiger partial charge < -0.3 is 0 Å². The van der Waals surface area contributed by atoms with Gasteiger partial charge in [-0.1, -0.05) is 133 Å². The molecular formula is C46H27NS. The van der Waals surface area contributed by atoms with Crippen LogP contribution in [0.1, 0.15) is 22.3 Å². The van der Waals surface area contributed by atoms with E-state index in [-0.39, 0.29) is 5.41 Å². The number of rotatable bonds is 2. The fraction of sp³-hybridized carbons (Fsp3) is 0.0217. The fourth-order valence-electron chi connectivity index (χ4n) is 8.67. The Bertz CT molecular complexity index is 2760. The van der Waals surface area contributed by atoms with Gasteiger partial charge in [0.2, 0.25) is 0 Å². The van der Waals surface area contributed by atoms with Gasteiger partial charge in [0.25, 0.3) is 0 Å². The molecule has 0 unspecified atom stereocenters. The highest BCUT2D eigenvalue weighted by molar-refractivity contribution is 7.22. The smallest absolute Gasteiger partial charge is 0.0740 e. The van der Waals surface area contributed by atoms with Crippen LogP contribution in [0.25, 0.3) is 75.7 Å². The Kier molecular flexibility index (Phi) is 5.25. The average Bonchev–Trinajstić information content (AvgIpc) is 3.77. The van der Waals surface area contributed by atoms with Crippen molar-refractivity contribution in [3.8, 4) is 44.0 Å². The fourth-order valence-corrected chi connectivity index (χ4v) is 9.96. The van der Waals surface area contributed by atoms with Crippen LogP contribution in [0.4, 0.5) is 0 Å². The summed E-state index contributed by atoms with van der Waals surface area (Å²) >= 11 is 1.93. The van der Waals surface area contributed by atoms with E-state index >= 15 is 0 Å². The van der Waals surface area contributed by atoms with Gasteiger partial charge in [-0.25, -0.2) is 4.98 Å². The predicted molar refractivity (Wildman–Crippen MR) is 202 cm³/mol. The van der Waals surface area contributed by atoms with Gasteiger partial charge in [-0.15, -0.1) is 11.3 Å². The molecule has 11 rings (SSSR count). The molecule has 1 spiro atoms. The van der Waals surface area contributed by atoms with Crippen LogP contribution < -0.4 is 0 Å². The van der Waals surface area contributed by atoms with Crippen molar-refractivity contribution in [2.24, 2.45) is 0 Å². The van der Waals surface area contributed by atoms with E-state index in [0.29, 0.717) is 0 Å². The molecule has 2 heterocycles. The molecule has 2 heteroatoms. The highest BCUT2D eigenvalue weighted by Crippen LogP contribution is 2.66. The summed E-state index contributed by atoms with van der Waals surface area (Å²) in [6.07, 6.45) is 0. The van der Waals surface area contributed by atoms with Gasteiger partial charge in [-0.3, -0.25) is 0 Å². The van der Waals surface area contributed by atoms with E-state index in [1.807, 2.05) is 11.3 Å². The van der Waals surface area contributed by atoms with Gasteiger partial charge in [-0.05, 0) is 96.6 Å². The molecule has 0 bridgehead atoms. The summed E-state index contributed by atoms with van der Waals surface area (Å²) in [5.74, 6) is 0. The molecule has 9 aromatic rings. The van der Waals surface area contributed by atoms with Crippen molar-refractivity contribution in [3.05, 3.63) is 186 Å². The molecular weight excluding hydrogens is 599 g/mol. The molecule has 0 radical (unpaired) electrons. The Labute approximate surface area is 282 Å². The zero-order valence-electron chi connectivity index (χ0n) is 25.9. The van der Waals surface area contributed by atoms with E-state index in [9.17, 15) is 0 Å². The Morgan fingerprint density at radius 3 is 1.92 bits per heavy atom. The molecule has 0 saturated heterocycles. The first kappa shape index (κ1) is 26.3. The highest BCUT2D eigenvalue weighted by atomic mass is 32.1. The molecule has 1 nitrogen and oxygen atoms in total. The molecule has 222 valence electrons. The third-order valence-electron chi connectivity index (χ3n) is 10.7. The van der Waals surface area contributed by atoms with Crippen LogP contribution in [0.3, 0.4) is 0 Å². The number of nitrogens with zero attached hydrogens (tertiary/aromatic N) is 1. The van der Waals surface area contributed by atoms with Crippen LogP contribution in [0, 0.1) is 0 Å². The molecule has 2 aliphatic carbocycles. The summed E-state index contributed by atoms with van der Waals surface area (Å²) in [5, 5.41) is 5.02. The van der Waals surface area contributed by atoms with Gasteiger partial charge in [0.05, 0.1) is 16.6 Å². The summed E-state index contributed by atoms with van der Waals surface area (Å²) in [6, 6.07) is 60.4.